The van der Waals surface area contributed by atoms with Crippen LogP contribution < -0.4 is 5.32 Å². The highest BCUT2D eigenvalue weighted by Crippen LogP contribution is 2.16. The van der Waals surface area contributed by atoms with Gasteiger partial charge in [0.2, 0.25) is 0 Å². The second-order valence-corrected chi connectivity index (χ2v) is 7.08. The maximum absolute atomic E-state index is 12.6. The predicted octanol–water partition coefficient (Wildman–Crippen LogP) is 3.76. The third kappa shape index (κ3) is 4.73. The molecule has 29 heavy (non-hydrogen) atoms. The van der Waals surface area contributed by atoms with Crippen LogP contribution in [0.5, 0.6) is 0 Å². The summed E-state index contributed by atoms with van der Waals surface area (Å²) in [6.45, 7) is 1.61. The second-order valence-electron chi connectivity index (χ2n) is 6.67. The molecule has 0 aliphatic heterocycles. The van der Waals surface area contributed by atoms with Gasteiger partial charge in [-0.2, -0.15) is 10.2 Å². The van der Waals surface area contributed by atoms with Crippen LogP contribution in [-0.4, -0.2) is 25.5 Å². The van der Waals surface area contributed by atoms with Crippen molar-refractivity contribution in [1.29, 1.82) is 0 Å². The van der Waals surface area contributed by atoms with E-state index in [0.717, 1.165) is 16.7 Å². The fourth-order valence-electron chi connectivity index (χ4n) is 3.10. The van der Waals surface area contributed by atoms with Crippen molar-refractivity contribution in [2.45, 2.75) is 19.6 Å². The van der Waals surface area contributed by atoms with E-state index in [0.29, 0.717) is 30.2 Å². The molecule has 0 aliphatic carbocycles. The van der Waals surface area contributed by atoms with Crippen LogP contribution >= 0.6 is 11.6 Å². The smallest absolute Gasteiger partial charge is 0.254 e. The van der Waals surface area contributed by atoms with Crippen molar-refractivity contribution < 1.29 is 4.79 Å². The van der Waals surface area contributed by atoms with Gasteiger partial charge in [0.25, 0.3) is 5.91 Å². The first-order valence-corrected chi connectivity index (χ1v) is 9.65. The average Bonchev–Trinajstić information content (AvgIpc) is 3.41. The number of amides is 1. The van der Waals surface area contributed by atoms with E-state index in [1.165, 1.54) is 0 Å². The topological polar surface area (TPSA) is 64.7 Å². The Hall–Kier alpha value is -3.38. The number of benzene rings is 2. The Balaban J connectivity index is 1.40. The Kier molecular flexibility index (Phi) is 5.72. The quantitative estimate of drug-likeness (QED) is 0.509. The lowest BCUT2D eigenvalue weighted by atomic mass is 10.1. The van der Waals surface area contributed by atoms with Crippen LogP contribution in [0.1, 0.15) is 27.0 Å². The Morgan fingerprint density at radius 1 is 0.897 bits per heavy atom. The van der Waals surface area contributed by atoms with Gasteiger partial charge in [0, 0.05) is 30.2 Å². The number of nitrogens with one attached hydrogen (secondary N) is 1. The fraction of sp³-hybridized carbons (Fsp3) is 0.136. The highest BCUT2D eigenvalue weighted by Gasteiger charge is 2.11. The molecule has 0 radical (unpaired) electrons. The standard InChI is InChI=1S/C22H20ClN5O/c23-21-9-4-3-8-19(21)15-28-16-20(13-26-28)22(29)24-12-17-6-1-2-7-18(17)14-27-11-5-10-25-27/h1-11,13,16H,12,14-15H2,(H,24,29). The SMILES string of the molecule is O=C(NCc1ccccc1Cn1cccn1)c1cnn(Cc2ccccc2Cl)c1. The lowest BCUT2D eigenvalue weighted by molar-refractivity contribution is 0.0950. The van der Waals surface area contributed by atoms with Gasteiger partial charge in [0.1, 0.15) is 0 Å². The normalized spacial score (nSPS) is 10.8. The zero-order valence-corrected chi connectivity index (χ0v) is 16.5. The van der Waals surface area contributed by atoms with Crippen molar-refractivity contribution in [2.24, 2.45) is 0 Å². The summed E-state index contributed by atoms with van der Waals surface area (Å²) in [5.74, 6) is -0.163. The molecule has 146 valence electrons. The lowest BCUT2D eigenvalue weighted by Crippen LogP contribution is -2.23. The molecule has 0 aliphatic rings. The average molecular weight is 406 g/mol. The molecule has 0 unspecified atom stereocenters. The zero-order valence-electron chi connectivity index (χ0n) is 15.7. The summed E-state index contributed by atoms with van der Waals surface area (Å²) in [6, 6.07) is 17.5. The van der Waals surface area contributed by atoms with E-state index in [4.69, 9.17) is 11.6 Å². The molecule has 2 aromatic carbocycles. The van der Waals surface area contributed by atoms with Gasteiger partial charge in [-0.3, -0.25) is 14.2 Å². The molecule has 4 rings (SSSR count). The minimum atomic E-state index is -0.163. The summed E-state index contributed by atoms with van der Waals surface area (Å²) in [7, 11) is 0. The number of halogens is 1. The molecule has 2 aromatic heterocycles. The summed E-state index contributed by atoms with van der Waals surface area (Å²) in [6.07, 6.45) is 6.98. The van der Waals surface area contributed by atoms with E-state index >= 15 is 0 Å². The van der Waals surface area contributed by atoms with E-state index in [-0.39, 0.29) is 5.91 Å². The second kappa shape index (κ2) is 8.75. The Bertz CT molecular complexity index is 1100. The fourth-order valence-corrected chi connectivity index (χ4v) is 3.29. The van der Waals surface area contributed by atoms with E-state index < -0.39 is 0 Å². The van der Waals surface area contributed by atoms with Crippen molar-refractivity contribution in [1.82, 2.24) is 24.9 Å². The minimum absolute atomic E-state index is 0.163. The largest absolute Gasteiger partial charge is 0.348 e. The summed E-state index contributed by atoms with van der Waals surface area (Å²) in [5, 5.41) is 12.2. The molecule has 0 fully saturated rings. The third-order valence-corrected chi connectivity index (χ3v) is 5.00. The van der Waals surface area contributed by atoms with Gasteiger partial charge in [-0.05, 0) is 28.8 Å². The monoisotopic (exact) mass is 405 g/mol. The number of hydrogen-bond donors (Lipinski definition) is 1. The molecule has 2 heterocycles. The molecule has 4 aromatic rings. The van der Waals surface area contributed by atoms with Gasteiger partial charge >= 0.3 is 0 Å². The van der Waals surface area contributed by atoms with Crippen molar-refractivity contribution in [3.8, 4) is 0 Å². The van der Waals surface area contributed by atoms with Crippen LogP contribution in [-0.2, 0) is 19.6 Å². The molecule has 0 saturated heterocycles. The first-order chi connectivity index (χ1) is 14.2. The van der Waals surface area contributed by atoms with E-state index in [1.54, 1.807) is 23.3 Å². The maximum atomic E-state index is 12.6. The van der Waals surface area contributed by atoms with Gasteiger partial charge in [0.05, 0.1) is 24.8 Å². The van der Waals surface area contributed by atoms with Crippen LogP contribution in [0.4, 0.5) is 0 Å². The number of rotatable bonds is 7. The van der Waals surface area contributed by atoms with E-state index in [9.17, 15) is 4.79 Å². The van der Waals surface area contributed by atoms with Gasteiger partial charge in [0.15, 0.2) is 0 Å². The Morgan fingerprint density at radius 2 is 1.62 bits per heavy atom. The van der Waals surface area contributed by atoms with Gasteiger partial charge in [-0.1, -0.05) is 54.1 Å². The maximum Gasteiger partial charge on any atom is 0.254 e. The number of carbonyl (C=O) groups excluding carboxylic acids is 1. The molecule has 1 amide bonds. The number of carbonyl (C=O) groups is 1. The highest BCUT2D eigenvalue weighted by atomic mass is 35.5. The molecular weight excluding hydrogens is 386 g/mol. The van der Waals surface area contributed by atoms with Crippen molar-refractivity contribution in [3.63, 3.8) is 0 Å². The Labute approximate surface area is 173 Å². The molecule has 6 nitrogen and oxygen atoms in total. The van der Waals surface area contributed by atoms with Crippen LogP contribution in [0.15, 0.2) is 79.4 Å². The molecule has 7 heteroatoms. The van der Waals surface area contributed by atoms with Crippen LogP contribution in [0.2, 0.25) is 5.02 Å². The van der Waals surface area contributed by atoms with E-state index in [2.05, 4.69) is 15.5 Å². The van der Waals surface area contributed by atoms with Crippen molar-refractivity contribution in [3.05, 3.63) is 107 Å². The molecular formula is C22H20ClN5O. The molecule has 0 bridgehead atoms. The van der Waals surface area contributed by atoms with Gasteiger partial charge in [-0.25, -0.2) is 0 Å². The number of aromatic nitrogens is 4. The van der Waals surface area contributed by atoms with Crippen molar-refractivity contribution in [2.75, 3.05) is 0 Å². The molecule has 0 saturated carbocycles. The third-order valence-electron chi connectivity index (χ3n) is 4.63. The molecule has 1 N–H and O–H groups in total. The first kappa shape index (κ1) is 19.0. The first-order valence-electron chi connectivity index (χ1n) is 9.27. The van der Waals surface area contributed by atoms with Crippen LogP contribution in [0, 0.1) is 0 Å². The minimum Gasteiger partial charge on any atom is -0.348 e. The number of nitrogens with zero attached hydrogens (tertiary/aromatic N) is 4. The van der Waals surface area contributed by atoms with Crippen LogP contribution in [0.3, 0.4) is 0 Å². The van der Waals surface area contributed by atoms with Crippen LogP contribution in [0.25, 0.3) is 0 Å². The van der Waals surface area contributed by atoms with Crippen molar-refractivity contribution >= 4 is 17.5 Å². The molecule has 0 spiro atoms. The summed E-state index contributed by atoms with van der Waals surface area (Å²) >= 11 is 6.20. The van der Waals surface area contributed by atoms with Gasteiger partial charge in [-0.15, -0.1) is 0 Å². The number of hydrogen-bond acceptors (Lipinski definition) is 3. The molecule has 0 atom stereocenters. The zero-order chi connectivity index (χ0) is 20.1. The summed E-state index contributed by atoms with van der Waals surface area (Å²) in [5.41, 5.74) is 3.64. The summed E-state index contributed by atoms with van der Waals surface area (Å²) < 4.78 is 3.57. The summed E-state index contributed by atoms with van der Waals surface area (Å²) in [4.78, 5) is 12.6. The lowest BCUT2D eigenvalue weighted by Gasteiger charge is -2.10. The predicted molar refractivity (Wildman–Crippen MR) is 112 cm³/mol. The highest BCUT2D eigenvalue weighted by molar-refractivity contribution is 6.31. The Morgan fingerprint density at radius 3 is 2.38 bits per heavy atom. The van der Waals surface area contributed by atoms with Gasteiger partial charge < -0.3 is 5.32 Å². The van der Waals surface area contributed by atoms with E-state index in [1.807, 2.05) is 65.5 Å².